The Labute approximate surface area is 165 Å². The number of anilines is 2. The molecule has 0 spiro atoms. The van der Waals surface area contributed by atoms with Crippen LogP contribution in [0.3, 0.4) is 0 Å². The fourth-order valence-corrected chi connectivity index (χ4v) is 3.04. The number of nitrogens with zero attached hydrogens (tertiary/aromatic N) is 1. The number of para-hydroxylation sites is 1. The lowest BCUT2D eigenvalue weighted by atomic mass is 9.86. The van der Waals surface area contributed by atoms with Crippen molar-refractivity contribution in [1.29, 1.82) is 0 Å². The zero-order valence-corrected chi connectivity index (χ0v) is 17.1. The average Bonchev–Trinajstić information content (AvgIpc) is 2.59. The van der Waals surface area contributed by atoms with E-state index in [1.165, 1.54) is 18.9 Å². The minimum absolute atomic E-state index is 0.115. The molecule has 144 valence electrons. The predicted molar refractivity (Wildman–Crippen MR) is 110 cm³/mol. The molecule has 0 radical (unpaired) electrons. The van der Waals surface area contributed by atoms with E-state index in [-0.39, 0.29) is 23.8 Å². The van der Waals surface area contributed by atoms with Crippen LogP contribution in [0.15, 0.2) is 42.5 Å². The number of ether oxygens (including phenoxy) is 1. The molecule has 0 unspecified atom stereocenters. The number of methoxy groups -OCH3 is 1. The third-order valence-corrected chi connectivity index (χ3v) is 4.43. The van der Waals surface area contributed by atoms with Gasteiger partial charge in [-0.25, -0.2) is 0 Å². The van der Waals surface area contributed by atoms with Gasteiger partial charge in [-0.1, -0.05) is 50.6 Å². The van der Waals surface area contributed by atoms with E-state index >= 15 is 0 Å². The third-order valence-electron chi connectivity index (χ3n) is 4.14. The van der Waals surface area contributed by atoms with Crippen LogP contribution in [0, 0.1) is 0 Å². The highest BCUT2D eigenvalue weighted by atomic mass is 35.5. The quantitative estimate of drug-likeness (QED) is 0.811. The molecule has 5 nitrogen and oxygen atoms in total. The maximum atomic E-state index is 12.6. The van der Waals surface area contributed by atoms with Crippen LogP contribution >= 0.6 is 11.6 Å². The van der Waals surface area contributed by atoms with E-state index in [1.54, 1.807) is 18.2 Å². The summed E-state index contributed by atoms with van der Waals surface area (Å²) < 4.78 is 5.13. The van der Waals surface area contributed by atoms with E-state index in [9.17, 15) is 9.59 Å². The Morgan fingerprint density at radius 1 is 1.15 bits per heavy atom. The highest BCUT2D eigenvalue weighted by molar-refractivity contribution is 6.32. The number of halogens is 1. The number of hydrogen-bond donors (Lipinski definition) is 1. The molecular formula is C21H25ClN2O3. The van der Waals surface area contributed by atoms with Crippen LogP contribution in [0.2, 0.25) is 5.02 Å². The Hall–Kier alpha value is -2.53. The van der Waals surface area contributed by atoms with Crippen LogP contribution in [0.4, 0.5) is 11.4 Å². The topological polar surface area (TPSA) is 58.6 Å². The second-order valence-corrected chi connectivity index (χ2v) is 7.67. The van der Waals surface area contributed by atoms with Crippen molar-refractivity contribution in [2.75, 3.05) is 23.9 Å². The molecule has 0 aliphatic rings. The van der Waals surface area contributed by atoms with Gasteiger partial charge < -0.3 is 15.0 Å². The molecule has 0 bridgehead atoms. The highest BCUT2D eigenvalue weighted by Gasteiger charge is 2.21. The van der Waals surface area contributed by atoms with Gasteiger partial charge in [0, 0.05) is 18.3 Å². The minimum Gasteiger partial charge on any atom is -0.495 e. The van der Waals surface area contributed by atoms with Gasteiger partial charge in [0.05, 0.1) is 12.1 Å². The molecule has 2 amide bonds. The smallest absolute Gasteiger partial charge is 0.244 e. The summed E-state index contributed by atoms with van der Waals surface area (Å²) in [5.74, 6) is -0.0307. The van der Waals surface area contributed by atoms with Crippen LogP contribution in [0.5, 0.6) is 5.75 Å². The maximum Gasteiger partial charge on any atom is 0.244 e. The first kappa shape index (κ1) is 20.8. The summed E-state index contributed by atoms with van der Waals surface area (Å²) in [5.41, 5.74) is 2.19. The molecule has 0 aromatic heterocycles. The number of carbonyl (C=O) groups is 2. The largest absolute Gasteiger partial charge is 0.495 e. The number of hydrogen-bond acceptors (Lipinski definition) is 3. The SMILES string of the molecule is COc1ccc(N(CC(=O)Nc2ccccc2C(C)(C)C)C(C)=O)cc1Cl. The van der Waals surface area contributed by atoms with Crippen molar-refractivity contribution >= 4 is 34.8 Å². The normalized spacial score (nSPS) is 11.0. The second-order valence-electron chi connectivity index (χ2n) is 7.27. The molecule has 0 saturated heterocycles. The molecule has 2 rings (SSSR count). The van der Waals surface area contributed by atoms with E-state index in [1.807, 2.05) is 24.3 Å². The maximum absolute atomic E-state index is 12.6. The summed E-state index contributed by atoms with van der Waals surface area (Å²) >= 11 is 6.15. The molecule has 0 heterocycles. The Morgan fingerprint density at radius 3 is 2.37 bits per heavy atom. The first-order chi connectivity index (χ1) is 12.6. The molecule has 6 heteroatoms. The molecular weight excluding hydrogens is 364 g/mol. The summed E-state index contributed by atoms with van der Waals surface area (Å²) in [6, 6.07) is 12.6. The Balaban J connectivity index is 2.22. The van der Waals surface area contributed by atoms with E-state index < -0.39 is 0 Å². The number of carbonyl (C=O) groups excluding carboxylic acids is 2. The second kappa shape index (κ2) is 8.44. The Kier molecular flexibility index (Phi) is 6.50. The fraction of sp³-hybridized carbons (Fsp3) is 0.333. The zero-order valence-electron chi connectivity index (χ0n) is 16.3. The zero-order chi connectivity index (χ0) is 20.2. The fourth-order valence-electron chi connectivity index (χ4n) is 2.79. The molecule has 0 fully saturated rings. The number of nitrogens with one attached hydrogen (secondary N) is 1. The van der Waals surface area contributed by atoms with E-state index in [2.05, 4.69) is 26.1 Å². The van der Waals surface area contributed by atoms with Crippen LogP contribution in [0.1, 0.15) is 33.3 Å². The summed E-state index contributed by atoms with van der Waals surface area (Å²) in [5, 5.41) is 3.29. The summed E-state index contributed by atoms with van der Waals surface area (Å²) in [4.78, 5) is 26.1. The summed E-state index contributed by atoms with van der Waals surface area (Å²) in [7, 11) is 1.52. The van der Waals surface area contributed by atoms with Gasteiger partial charge in [0.15, 0.2) is 0 Å². The molecule has 0 saturated carbocycles. The Bertz CT molecular complexity index is 844. The molecule has 0 aliphatic carbocycles. The van der Waals surface area contributed by atoms with Crippen molar-refractivity contribution in [3.8, 4) is 5.75 Å². The molecule has 0 atom stereocenters. The first-order valence-electron chi connectivity index (χ1n) is 8.64. The summed E-state index contributed by atoms with van der Waals surface area (Å²) in [6.07, 6.45) is 0. The number of rotatable bonds is 5. The van der Waals surface area contributed by atoms with Crippen molar-refractivity contribution < 1.29 is 14.3 Å². The summed E-state index contributed by atoms with van der Waals surface area (Å²) in [6.45, 7) is 7.54. The third kappa shape index (κ3) is 5.23. The van der Waals surface area contributed by atoms with E-state index in [0.29, 0.717) is 16.5 Å². The van der Waals surface area contributed by atoms with Crippen LogP contribution < -0.4 is 15.0 Å². The van der Waals surface area contributed by atoms with Gasteiger partial charge in [0.2, 0.25) is 11.8 Å². The van der Waals surface area contributed by atoms with Gasteiger partial charge in [0.25, 0.3) is 0 Å². The van der Waals surface area contributed by atoms with Crippen molar-refractivity contribution in [2.24, 2.45) is 0 Å². The van der Waals surface area contributed by atoms with E-state index in [0.717, 1.165) is 11.3 Å². The number of benzene rings is 2. The average molecular weight is 389 g/mol. The predicted octanol–water partition coefficient (Wildman–Crippen LogP) is 4.64. The van der Waals surface area contributed by atoms with Crippen molar-refractivity contribution in [3.63, 3.8) is 0 Å². The Morgan fingerprint density at radius 2 is 1.81 bits per heavy atom. The molecule has 2 aromatic carbocycles. The van der Waals surface area contributed by atoms with Gasteiger partial charge in [-0.05, 0) is 35.2 Å². The van der Waals surface area contributed by atoms with Crippen LogP contribution in [-0.2, 0) is 15.0 Å². The van der Waals surface area contributed by atoms with Gasteiger partial charge in [-0.2, -0.15) is 0 Å². The van der Waals surface area contributed by atoms with Gasteiger partial charge >= 0.3 is 0 Å². The first-order valence-corrected chi connectivity index (χ1v) is 9.02. The van der Waals surface area contributed by atoms with Gasteiger partial charge in [-0.3, -0.25) is 9.59 Å². The van der Waals surface area contributed by atoms with Crippen LogP contribution in [-0.4, -0.2) is 25.5 Å². The lowest BCUT2D eigenvalue weighted by molar-refractivity contribution is -0.120. The molecule has 0 aliphatic heterocycles. The van der Waals surface area contributed by atoms with Crippen molar-refractivity contribution in [1.82, 2.24) is 0 Å². The van der Waals surface area contributed by atoms with E-state index in [4.69, 9.17) is 16.3 Å². The van der Waals surface area contributed by atoms with Gasteiger partial charge in [0.1, 0.15) is 12.3 Å². The molecule has 27 heavy (non-hydrogen) atoms. The molecule has 2 aromatic rings. The molecule has 1 N–H and O–H groups in total. The van der Waals surface area contributed by atoms with Crippen molar-refractivity contribution in [3.05, 3.63) is 53.1 Å². The minimum atomic E-state index is -0.283. The van der Waals surface area contributed by atoms with Crippen molar-refractivity contribution in [2.45, 2.75) is 33.1 Å². The van der Waals surface area contributed by atoms with Gasteiger partial charge in [-0.15, -0.1) is 0 Å². The highest BCUT2D eigenvalue weighted by Crippen LogP contribution is 2.30. The lowest BCUT2D eigenvalue weighted by Crippen LogP contribution is -2.37. The lowest BCUT2D eigenvalue weighted by Gasteiger charge is -2.25. The van der Waals surface area contributed by atoms with Crippen LogP contribution in [0.25, 0.3) is 0 Å². The standard InChI is InChI=1S/C21H25ClN2O3/c1-14(25)24(15-10-11-19(27-5)17(22)12-15)13-20(26)23-18-9-7-6-8-16(18)21(2,3)4/h6-12H,13H2,1-5H3,(H,23,26). The monoisotopic (exact) mass is 388 g/mol. The number of amides is 2.